The number of rotatable bonds is 12. The lowest BCUT2D eigenvalue weighted by Gasteiger charge is -2.22. The number of nitrogens with zero attached hydrogens (tertiary/aromatic N) is 5. The summed E-state index contributed by atoms with van der Waals surface area (Å²) in [5, 5.41) is 17.9. The number of hydrogen-bond donors (Lipinski definition) is 1. The summed E-state index contributed by atoms with van der Waals surface area (Å²) in [5.41, 5.74) is 3.14. The maximum absolute atomic E-state index is 13.9. The molecule has 2 heterocycles. The van der Waals surface area contributed by atoms with Crippen molar-refractivity contribution in [3.63, 3.8) is 0 Å². The van der Waals surface area contributed by atoms with Gasteiger partial charge in [-0.3, -0.25) is 14.2 Å². The van der Waals surface area contributed by atoms with Gasteiger partial charge in [0.05, 0.1) is 45.4 Å². The number of carbonyl (C=O) groups is 2. The first-order valence-corrected chi connectivity index (χ1v) is 16.4. The fourth-order valence-corrected chi connectivity index (χ4v) is 6.26. The molecule has 1 aliphatic heterocycles. The molecular formula is C36H32F2N6O5S. The van der Waals surface area contributed by atoms with E-state index in [1.165, 1.54) is 43.5 Å². The van der Waals surface area contributed by atoms with Gasteiger partial charge in [-0.05, 0) is 90.0 Å². The summed E-state index contributed by atoms with van der Waals surface area (Å²) in [6.45, 7) is -0.0274. The number of thioether (sulfide) groups is 1. The van der Waals surface area contributed by atoms with E-state index < -0.39 is 17.8 Å². The van der Waals surface area contributed by atoms with Crippen LogP contribution in [0.3, 0.4) is 0 Å². The molecule has 1 atom stereocenters. The number of benzene rings is 4. The van der Waals surface area contributed by atoms with Crippen molar-refractivity contribution in [2.75, 3.05) is 27.1 Å². The molecular weight excluding hydrogens is 666 g/mol. The number of ether oxygens (including phenoxy) is 3. The first kappa shape index (κ1) is 34.1. The second-order valence-corrected chi connectivity index (χ2v) is 12.0. The van der Waals surface area contributed by atoms with Gasteiger partial charge >= 0.3 is 0 Å². The Morgan fingerprint density at radius 3 is 2.18 bits per heavy atom. The smallest absolute Gasteiger partial charge is 0.253 e. The van der Waals surface area contributed by atoms with Crippen LogP contribution in [-0.2, 0) is 11.3 Å². The summed E-state index contributed by atoms with van der Waals surface area (Å²) in [5.74, 6) is 0.333. The van der Waals surface area contributed by atoms with Crippen molar-refractivity contribution in [3.05, 3.63) is 125 Å². The van der Waals surface area contributed by atoms with Crippen molar-refractivity contribution in [2.45, 2.75) is 24.2 Å². The van der Waals surface area contributed by atoms with E-state index in [0.29, 0.717) is 51.6 Å². The zero-order chi connectivity index (χ0) is 35.2. The Kier molecular flexibility index (Phi) is 10.4. The number of amides is 2. The Morgan fingerprint density at radius 2 is 1.52 bits per heavy atom. The molecule has 0 aliphatic carbocycles. The molecule has 0 fully saturated rings. The third kappa shape index (κ3) is 7.44. The van der Waals surface area contributed by atoms with Gasteiger partial charge < -0.3 is 19.5 Å². The number of halogens is 2. The van der Waals surface area contributed by atoms with Gasteiger partial charge in [-0.25, -0.2) is 13.8 Å². The summed E-state index contributed by atoms with van der Waals surface area (Å²) in [7, 11) is 4.57. The molecule has 2 amide bonds. The average molecular weight is 699 g/mol. The SMILES string of the molecule is COc1ccc(C2=NN(C(=O)CSc3nnc(CNC(=O)c4ccc(OC)c(OC)c4)n3-c3ccc(F)cc3)C(c3ccc(F)cc3)C2)cc1. The number of hydrogen-bond acceptors (Lipinski definition) is 9. The van der Waals surface area contributed by atoms with Crippen LogP contribution in [0, 0.1) is 11.6 Å². The molecule has 5 aromatic rings. The highest BCUT2D eigenvalue weighted by molar-refractivity contribution is 7.99. The van der Waals surface area contributed by atoms with Gasteiger partial charge in [0.25, 0.3) is 11.8 Å². The minimum atomic E-state index is -0.460. The second-order valence-electron chi connectivity index (χ2n) is 11.0. The highest BCUT2D eigenvalue weighted by atomic mass is 32.2. The Bertz CT molecular complexity index is 2020. The van der Waals surface area contributed by atoms with Crippen LogP contribution in [0.1, 0.15) is 39.8 Å². The molecule has 1 unspecified atom stereocenters. The molecule has 1 N–H and O–H groups in total. The Labute approximate surface area is 290 Å². The van der Waals surface area contributed by atoms with E-state index in [1.54, 1.807) is 54.1 Å². The normalized spacial score (nSPS) is 13.9. The van der Waals surface area contributed by atoms with Crippen LogP contribution >= 0.6 is 11.8 Å². The van der Waals surface area contributed by atoms with Gasteiger partial charge in [0.2, 0.25) is 0 Å². The standard InChI is InChI=1S/C36H32F2N6O5S/c1-47-28-15-6-22(7-16-28)29-19-30(23-4-9-25(37)10-5-23)44(42-29)34(45)21-50-36-41-40-33(43(36)27-13-11-26(38)12-14-27)20-39-35(46)24-8-17-31(48-2)32(18-24)49-3/h4-18,30H,19-21H2,1-3H3,(H,39,46). The van der Waals surface area contributed by atoms with Crippen LogP contribution in [0.2, 0.25) is 0 Å². The highest BCUT2D eigenvalue weighted by Crippen LogP contribution is 2.35. The Hall–Kier alpha value is -5.76. The quantitative estimate of drug-likeness (QED) is 0.158. The lowest BCUT2D eigenvalue weighted by Crippen LogP contribution is -2.28. The van der Waals surface area contributed by atoms with Crippen molar-refractivity contribution in [1.29, 1.82) is 0 Å². The van der Waals surface area contributed by atoms with Crippen LogP contribution in [0.4, 0.5) is 8.78 Å². The van der Waals surface area contributed by atoms with E-state index in [0.717, 1.165) is 22.9 Å². The molecule has 1 aliphatic rings. The first-order chi connectivity index (χ1) is 24.3. The number of methoxy groups -OCH3 is 3. The van der Waals surface area contributed by atoms with E-state index in [-0.39, 0.29) is 24.0 Å². The summed E-state index contributed by atoms with van der Waals surface area (Å²) in [6.07, 6.45) is 0.421. The van der Waals surface area contributed by atoms with Crippen molar-refractivity contribution in [2.24, 2.45) is 5.10 Å². The molecule has 11 nitrogen and oxygen atoms in total. The predicted molar refractivity (Wildman–Crippen MR) is 183 cm³/mol. The minimum Gasteiger partial charge on any atom is -0.497 e. The maximum atomic E-state index is 13.9. The van der Waals surface area contributed by atoms with Gasteiger partial charge in [0.15, 0.2) is 22.5 Å². The van der Waals surface area contributed by atoms with E-state index in [1.807, 2.05) is 24.3 Å². The van der Waals surface area contributed by atoms with Gasteiger partial charge in [-0.1, -0.05) is 23.9 Å². The minimum absolute atomic E-state index is 0.0274. The van der Waals surface area contributed by atoms with Crippen molar-refractivity contribution >= 4 is 29.3 Å². The van der Waals surface area contributed by atoms with Crippen LogP contribution in [0.15, 0.2) is 101 Å². The van der Waals surface area contributed by atoms with E-state index >= 15 is 0 Å². The molecule has 4 aromatic carbocycles. The number of carbonyl (C=O) groups excluding carboxylic acids is 2. The second kappa shape index (κ2) is 15.2. The van der Waals surface area contributed by atoms with Crippen molar-refractivity contribution in [1.82, 2.24) is 25.1 Å². The summed E-state index contributed by atoms with van der Waals surface area (Å²) in [6, 6.07) is 23.4. The zero-order valence-corrected chi connectivity index (χ0v) is 28.1. The molecule has 0 radical (unpaired) electrons. The largest absolute Gasteiger partial charge is 0.497 e. The van der Waals surface area contributed by atoms with Gasteiger partial charge in [-0.2, -0.15) is 5.10 Å². The van der Waals surface area contributed by atoms with Crippen molar-refractivity contribution < 1.29 is 32.6 Å². The van der Waals surface area contributed by atoms with Crippen LogP contribution in [0.25, 0.3) is 5.69 Å². The third-order valence-electron chi connectivity index (χ3n) is 8.01. The summed E-state index contributed by atoms with van der Waals surface area (Å²) < 4.78 is 45.2. The lowest BCUT2D eigenvalue weighted by molar-refractivity contribution is -0.130. The first-order valence-electron chi connectivity index (χ1n) is 15.4. The highest BCUT2D eigenvalue weighted by Gasteiger charge is 2.33. The summed E-state index contributed by atoms with van der Waals surface area (Å²) >= 11 is 1.12. The fraction of sp³-hybridized carbons (Fsp3) is 0.194. The molecule has 6 rings (SSSR count). The number of nitrogens with one attached hydrogen (secondary N) is 1. The lowest BCUT2D eigenvalue weighted by atomic mass is 9.98. The van der Waals surface area contributed by atoms with Crippen LogP contribution in [0.5, 0.6) is 17.2 Å². The molecule has 50 heavy (non-hydrogen) atoms. The molecule has 14 heteroatoms. The zero-order valence-electron chi connectivity index (χ0n) is 27.3. The monoisotopic (exact) mass is 698 g/mol. The van der Waals surface area contributed by atoms with E-state index in [2.05, 4.69) is 15.5 Å². The molecule has 256 valence electrons. The van der Waals surface area contributed by atoms with Gasteiger partial charge in [0.1, 0.15) is 17.4 Å². The molecule has 0 spiro atoms. The Balaban J connectivity index is 1.23. The van der Waals surface area contributed by atoms with Gasteiger partial charge in [0, 0.05) is 17.7 Å². The van der Waals surface area contributed by atoms with E-state index in [4.69, 9.17) is 19.3 Å². The molecule has 0 saturated carbocycles. The van der Waals surface area contributed by atoms with Crippen LogP contribution in [-0.4, -0.2) is 64.4 Å². The number of hydrazone groups is 1. The van der Waals surface area contributed by atoms with Crippen molar-refractivity contribution in [3.8, 4) is 22.9 Å². The fourth-order valence-electron chi connectivity index (χ4n) is 5.43. The molecule has 1 aromatic heterocycles. The van der Waals surface area contributed by atoms with Gasteiger partial charge in [-0.15, -0.1) is 10.2 Å². The Morgan fingerprint density at radius 1 is 0.840 bits per heavy atom. The predicted octanol–water partition coefficient (Wildman–Crippen LogP) is 5.97. The van der Waals surface area contributed by atoms with E-state index in [9.17, 15) is 18.4 Å². The maximum Gasteiger partial charge on any atom is 0.253 e. The third-order valence-corrected chi connectivity index (χ3v) is 8.92. The number of aromatic nitrogens is 3. The molecule has 0 bridgehead atoms. The van der Waals surface area contributed by atoms with Crippen LogP contribution < -0.4 is 19.5 Å². The average Bonchev–Trinajstić information content (AvgIpc) is 3.78. The molecule has 0 saturated heterocycles. The topological polar surface area (TPSA) is 120 Å². The summed E-state index contributed by atoms with van der Waals surface area (Å²) in [4.78, 5) is 26.9.